The van der Waals surface area contributed by atoms with E-state index in [2.05, 4.69) is 10.6 Å². The predicted octanol–water partition coefficient (Wildman–Crippen LogP) is -0.658. The molecule has 0 aromatic heterocycles. The smallest absolute Gasteiger partial charge is 0.220 e. The van der Waals surface area contributed by atoms with Crippen LogP contribution < -0.4 is 10.6 Å². The van der Waals surface area contributed by atoms with E-state index < -0.39 is 0 Å². The summed E-state index contributed by atoms with van der Waals surface area (Å²) in [5.41, 5.74) is 0. The second kappa shape index (κ2) is 2.82. The van der Waals surface area contributed by atoms with Crippen LogP contribution in [-0.2, 0) is 4.79 Å². The molecule has 1 saturated heterocycles. The van der Waals surface area contributed by atoms with Gasteiger partial charge in [0.2, 0.25) is 5.91 Å². The van der Waals surface area contributed by atoms with Crippen LogP contribution in [-0.4, -0.2) is 26.0 Å². The summed E-state index contributed by atoms with van der Waals surface area (Å²) in [5, 5.41) is 5.71. The van der Waals surface area contributed by atoms with E-state index in [1.54, 1.807) is 7.05 Å². The summed E-state index contributed by atoms with van der Waals surface area (Å²) < 4.78 is 0. The molecule has 2 N–H and O–H groups in total. The Bertz CT molecular complexity index is 110. The zero-order chi connectivity index (χ0) is 6.69. The van der Waals surface area contributed by atoms with Crippen molar-refractivity contribution in [2.45, 2.75) is 6.42 Å². The van der Waals surface area contributed by atoms with Crippen LogP contribution in [0.2, 0.25) is 0 Å². The topological polar surface area (TPSA) is 41.1 Å². The standard InChI is InChI=1S/C6H12N2O/c1-7-6(9)2-5-3-8-4-5/h5,8H,2-4H2,1H3,(H,7,9). The fourth-order valence-electron chi connectivity index (χ4n) is 0.857. The van der Waals surface area contributed by atoms with Gasteiger partial charge in [0.15, 0.2) is 0 Å². The monoisotopic (exact) mass is 128 g/mol. The summed E-state index contributed by atoms with van der Waals surface area (Å²) in [6.07, 6.45) is 0.684. The highest BCUT2D eigenvalue weighted by atomic mass is 16.1. The summed E-state index contributed by atoms with van der Waals surface area (Å²) in [6.45, 7) is 2.01. The molecule has 0 saturated carbocycles. The van der Waals surface area contributed by atoms with Crippen LogP contribution in [0.1, 0.15) is 6.42 Å². The first-order valence-corrected chi connectivity index (χ1v) is 3.24. The van der Waals surface area contributed by atoms with Crippen LogP contribution in [0.4, 0.5) is 0 Å². The first kappa shape index (κ1) is 6.55. The maximum absolute atomic E-state index is 10.7. The van der Waals surface area contributed by atoms with Gasteiger partial charge in [-0.15, -0.1) is 0 Å². The minimum Gasteiger partial charge on any atom is -0.359 e. The van der Waals surface area contributed by atoms with E-state index >= 15 is 0 Å². The Hall–Kier alpha value is -0.570. The second-order valence-electron chi connectivity index (χ2n) is 2.40. The molecule has 0 aliphatic carbocycles. The number of carbonyl (C=O) groups is 1. The molecule has 1 aliphatic heterocycles. The van der Waals surface area contributed by atoms with Crippen molar-refractivity contribution in [2.24, 2.45) is 5.92 Å². The maximum Gasteiger partial charge on any atom is 0.220 e. The SMILES string of the molecule is CNC(=O)CC1CNC1. The minimum atomic E-state index is 0.154. The summed E-state index contributed by atoms with van der Waals surface area (Å²) >= 11 is 0. The Balaban J connectivity index is 2.09. The lowest BCUT2D eigenvalue weighted by atomic mass is 9.99. The first-order chi connectivity index (χ1) is 4.33. The van der Waals surface area contributed by atoms with Crippen molar-refractivity contribution in [3.63, 3.8) is 0 Å². The van der Waals surface area contributed by atoms with E-state index in [9.17, 15) is 4.79 Å². The third-order valence-corrected chi connectivity index (χ3v) is 1.62. The van der Waals surface area contributed by atoms with Gasteiger partial charge >= 0.3 is 0 Å². The van der Waals surface area contributed by atoms with E-state index in [-0.39, 0.29) is 5.91 Å². The molecule has 3 nitrogen and oxygen atoms in total. The molecule has 1 fully saturated rings. The van der Waals surface area contributed by atoms with Crippen LogP contribution in [0, 0.1) is 5.92 Å². The van der Waals surface area contributed by atoms with E-state index in [0.29, 0.717) is 12.3 Å². The largest absolute Gasteiger partial charge is 0.359 e. The van der Waals surface area contributed by atoms with Crippen molar-refractivity contribution in [1.29, 1.82) is 0 Å². The molecule has 0 atom stereocenters. The van der Waals surface area contributed by atoms with E-state index in [4.69, 9.17) is 0 Å². The van der Waals surface area contributed by atoms with Gasteiger partial charge in [0.05, 0.1) is 0 Å². The average Bonchev–Trinajstić information content (AvgIpc) is 1.78. The Morgan fingerprint density at radius 1 is 1.78 bits per heavy atom. The molecule has 9 heavy (non-hydrogen) atoms. The van der Waals surface area contributed by atoms with Gasteiger partial charge in [-0.25, -0.2) is 0 Å². The number of nitrogens with one attached hydrogen (secondary N) is 2. The molecular formula is C6H12N2O. The van der Waals surface area contributed by atoms with Crippen molar-refractivity contribution in [3.8, 4) is 0 Å². The first-order valence-electron chi connectivity index (χ1n) is 3.24. The fraction of sp³-hybridized carbons (Fsp3) is 0.833. The summed E-state index contributed by atoms with van der Waals surface area (Å²) in [5.74, 6) is 0.742. The molecule has 1 aliphatic rings. The Morgan fingerprint density at radius 3 is 2.78 bits per heavy atom. The molecule has 0 aromatic carbocycles. The van der Waals surface area contributed by atoms with Crippen molar-refractivity contribution >= 4 is 5.91 Å². The van der Waals surface area contributed by atoms with Crippen molar-refractivity contribution in [1.82, 2.24) is 10.6 Å². The minimum absolute atomic E-state index is 0.154. The lowest BCUT2D eigenvalue weighted by Gasteiger charge is -2.25. The molecule has 0 radical (unpaired) electrons. The molecule has 0 aromatic rings. The number of carbonyl (C=O) groups excluding carboxylic acids is 1. The quantitative estimate of drug-likeness (QED) is 0.518. The Labute approximate surface area is 54.8 Å². The zero-order valence-electron chi connectivity index (χ0n) is 5.61. The Morgan fingerprint density at radius 2 is 2.44 bits per heavy atom. The normalized spacial score (nSPS) is 18.8. The van der Waals surface area contributed by atoms with Gasteiger partial charge in [0.1, 0.15) is 0 Å². The number of hydrogen-bond donors (Lipinski definition) is 2. The van der Waals surface area contributed by atoms with Crippen LogP contribution in [0.25, 0.3) is 0 Å². The van der Waals surface area contributed by atoms with Crippen molar-refractivity contribution in [3.05, 3.63) is 0 Å². The lowest BCUT2D eigenvalue weighted by Crippen LogP contribution is -2.44. The number of hydrogen-bond acceptors (Lipinski definition) is 2. The van der Waals surface area contributed by atoms with Crippen LogP contribution in [0.15, 0.2) is 0 Å². The molecule has 3 heteroatoms. The van der Waals surface area contributed by atoms with Gasteiger partial charge in [0.25, 0.3) is 0 Å². The highest BCUT2D eigenvalue weighted by Crippen LogP contribution is 2.06. The molecule has 0 bridgehead atoms. The molecule has 1 heterocycles. The molecule has 0 unspecified atom stereocenters. The van der Waals surface area contributed by atoms with Crippen LogP contribution in [0.3, 0.4) is 0 Å². The second-order valence-corrected chi connectivity index (χ2v) is 2.40. The molecule has 0 spiro atoms. The lowest BCUT2D eigenvalue weighted by molar-refractivity contribution is -0.121. The number of rotatable bonds is 2. The van der Waals surface area contributed by atoms with Crippen LogP contribution >= 0.6 is 0 Å². The predicted molar refractivity (Wildman–Crippen MR) is 35.0 cm³/mol. The van der Waals surface area contributed by atoms with Crippen molar-refractivity contribution < 1.29 is 4.79 Å². The third kappa shape index (κ3) is 1.68. The highest BCUT2D eigenvalue weighted by Gasteiger charge is 2.18. The summed E-state index contributed by atoms with van der Waals surface area (Å²) in [4.78, 5) is 10.7. The van der Waals surface area contributed by atoms with Gasteiger partial charge in [-0.2, -0.15) is 0 Å². The van der Waals surface area contributed by atoms with E-state index in [0.717, 1.165) is 13.1 Å². The number of amides is 1. The van der Waals surface area contributed by atoms with E-state index in [1.165, 1.54) is 0 Å². The zero-order valence-corrected chi connectivity index (χ0v) is 5.61. The van der Waals surface area contributed by atoms with E-state index in [1.807, 2.05) is 0 Å². The van der Waals surface area contributed by atoms with Crippen LogP contribution in [0.5, 0.6) is 0 Å². The third-order valence-electron chi connectivity index (χ3n) is 1.62. The Kier molecular flexibility index (Phi) is 2.05. The molecule has 1 amide bonds. The average molecular weight is 128 g/mol. The van der Waals surface area contributed by atoms with Crippen molar-refractivity contribution in [2.75, 3.05) is 20.1 Å². The van der Waals surface area contributed by atoms with Gasteiger partial charge in [-0.05, 0) is 19.0 Å². The molecule has 52 valence electrons. The fourth-order valence-corrected chi connectivity index (χ4v) is 0.857. The summed E-state index contributed by atoms with van der Waals surface area (Å²) in [7, 11) is 1.68. The molecular weight excluding hydrogens is 116 g/mol. The highest BCUT2D eigenvalue weighted by molar-refractivity contribution is 5.75. The van der Waals surface area contributed by atoms with Gasteiger partial charge < -0.3 is 10.6 Å². The summed E-state index contributed by atoms with van der Waals surface area (Å²) in [6, 6.07) is 0. The van der Waals surface area contributed by atoms with Gasteiger partial charge in [0, 0.05) is 13.5 Å². The maximum atomic E-state index is 10.7. The van der Waals surface area contributed by atoms with Gasteiger partial charge in [-0.3, -0.25) is 4.79 Å². The van der Waals surface area contributed by atoms with Gasteiger partial charge in [-0.1, -0.05) is 0 Å². The molecule has 1 rings (SSSR count).